The Bertz CT molecular complexity index is 1500. The lowest BCUT2D eigenvalue weighted by Crippen LogP contribution is -2.29. The lowest BCUT2D eigenvalue weighted by atomic mass is 10.1. The monoisotopic (exact) mass is 495 g/mol. The minimum atomic E-state index is -3.53. The molecule has 0 fully saturated rings. The number of carbonyl (C=O) groups is 1. The van der Waals surface area contributed by atoms with Crippen LogP contribution in [-0.4, -0.2) is 25.1 Å². The Morgan fingerprint density at radius 2 is 1.71 bits per heavy atom. The quantitative estimate of drug-likeness (QED) is 0.406. The van der Waals surface area contributed by atoms with Gasteiger partial charge in [-0.25, -0.2) is 8.42 Å². The first-order valence-corrected chi connectivity index (χ1v) is 13.4. The highest BCUT2D eigenvalue weighted by atomic mass is 32.2. The SMILES string of the molecule is CCn1c(=O)sc2cc(NC(=O)c3ccc(N(Cc4ccc(C)cc4)S(C)(=O)=O)cc3)ccc21. The van der Waals surface area contributed by atoms with Crippen molar-refractivity contribution >= 4 is 48.9 Å². The summed E-state index contributed by atoms with van der Waals surface area (Å²) in [5.41, 5.74) is 4.27. The van der Waals surface area contributed by atoms with E-state index in [1.54, 1.807) is 41.0 Å². The molecular formula is C25H25N3O4S2. The van der Waals surface area contributed by atoms with Crippen molar-refractivity contribution in [3.05, 3.63) is 93.1 Å². The number of carbonyl (C=O) groups excluding carboxylic acids is 1. The molecule has 9 heteroatoms. The molecule has 0 aliphatic rings. The maximum atomic E-state index is 12.8. The van der Waals surface area contributed by atoms with E-state index in [4.69, 9.17) is 0 Å². The van der Waals surface area contributed by atoms with E-state index in [9.17, 15) is 18.0 Å². The van der Waals surface area contributed by atoms with Crippen molar-refractivity contribution in [3.8, 4) is 0 Å². The van der Waals surface area contributed by atoms with E-state index in [2.05, 4.69) is 5.32 Å². The molecule has 1 amide bonds. The van der Waals surface area contributed by atoms with Gasteiger partial charge in [-0.3, -0.25) is 18.5 Å². The van der Waals surface area contributed by atoms with Crippen molar-refractivity contribution < 1.29 is 13.2 Å². The third-order valence-electron chi connectivity index (χ3n) is 5.51. The number of nitrogens with zero attached hydrogens (tertiary/aromatic N) is 2. The molecule has 3 aromatic carbocycles. The van der Waals surface area contributed by atoms with Gasteiger partial charge in [0.25, 0.3) is 5.91 Å². The second-order valence-electron chi connectivity index (χ2n) is 8.05. The molecular weight excluding hydrogens is 470 g/mol. The smallest absolute Gasteiger partial charge is 0.308 e. The van der Waals surface area contributed by atoms with Crippen LogP contribution in [-0.2, 0) is 23.1 Å². The highest BCUT2D eigenvalue weighted by Crippen LogP contribution is 2.24. The Morgan fingerprint density at radius 1 is 1.03 bits per heavy atom. The number of fused-ring (bicyclic) bond motifs is 1. The van der Waals surface area contributed by atoms with Crippen molar-refractivity contribution in [3.63, 3.8) is 0 Å². The Balaban J connectivity index is 1.53. The zero-order valence-electron chi connectivity index (χ0n) is 19.1. The number of aromatic nitrogens is 1. The summed E-state index contributed by atoms with van der Waals surface area (Å²) in [7, 11) is -3.53. The highest BCUT2D eigenvalue weighted by Gasteiger charge is 2.19. The van der Waals surface area contributed by atoms with Gasteiger partial charge in [-0.1, -0.05) is 41.2 Å². The number of hydrogen-bond acceptors (Lipinski definition) is 5. The summed E-state index contributed by atoms with van der Waals surface area (Å²) in [6, 6.07) is 19.5. The number of hydrogen-bond donors (Lipinski definition) is 1. The number of amides is 1. The lowest BCUT2D eigenvalue weighted by Gasteiger charge is -2.23. The van der Waals surface area contributed by atoms with Gasteiger partial charge in [0.05, 0.1) is 28.7 Å². The zero-order valence-corrected chi connectivity index (χ0v) is 20.7. The molecule has 1 heterocycles. The Labute approximate surface area is 202 Å². The predicted molar refractivity (Wildman–Crippen MR) is 138 cm³/mol. The molecule has 1 aromatic heterocycles. The van der Waals surface area contributed by atoms with Gasteiger partial charge in [-0.2, -0.15) is 0 Å². The average molecular weight is 496 g/mol. The van der Waals surface area contributed by atoms with E-state index in [-0.39, 0.29) is 17.3 Å². The van der Waals surface area contributed by atoms with Crippen molar-refractivity contribution in [2.75, 3.05) is 15.9 Å². The van der Waals surface area contributed by atoms with Crippen LogP contribution in [0, 0.1) is 6.92 Å². The van der Waals surface area contributed by atoms with E-state index < -0.39 is 10.0 Å². The average Bonchev–Trinajstić information content (AvgIpc) is 3.12. The van der Waals surface area contributed by atoms with Crippen LogP contribution in [0.25, 0.3) is 10.2 Å². The fourth-order valence-electron chi connectivity index (χ4n) is 3.69. The highest BCUT2D eigenvalue weighted by molar-refractivity contribution is 7.92. The van der Waals surface area contributed by atoms with E-state index in [1.807, 2.05) is 44.2 Å². The molecule has 0 aliphatic heterocycles. The second kappa shape index (κ2) is 9.44. The summed E-state index contributed by atoms with van der Waals surface area (Å²) in [5, 5.41) is 2.85. The van der Waals surface area contributed by atoms with Gasteiger partial charge in [-0.15, -0.1) is 0 Å². The first-order valence-electron chi connectivity index (χ1n) is 10.7. The standard InChI is InChI=1S/C25H25N3O4S2/c1-4-27-22-14-11-20(15-23(22)33-25(27)30)26-24(29)19-9-12-21(13-10-19)28(34(3,31)32)16-18-7-5-17(2)6-8-18/h5-15H,4,16H2,1-3H3,(H,26,29). The van der Waals surface area contributed by atoms with E-state index in [0.29, 0.717) is 23.5 Å². The zero-order chi connectivity index (χ0) is 24.5. The number of benzene rings is 3. The van der Waals surface area contributed by atoms with Gasteiger partial charge in [0, 0.05) is 17.8 Å². The van der Waals surface area contributed by atoms with Crippen molar-refractivity contribution in [1.82, 2.24) is 4.57 Å². The topological polar surface area (TPSA) is 88.5 Å². The maximum Gasteiger partial charge on any atom is 0.308 e. The van der Waals surface area contributed by atoms with Gasteiger partial charge in [0.15, 0.2) is 0 Å². The van der Waals surface area contributed by atoms with Crippen LogP contribution < -0.4 is 14.5 Å². The van der Waals surface area contributed by atoms with Crippen LogP contribution in [0.4, 0.5) is 11.4 Å². The van der Waals surface area contributed by atoms with E-state index >= 15 is 0 Å². The summed E-state index contributed by atoms with van der Waals surface area (Å²) >= 11 is 1.14. The normalized spacial score (nSPS) is 11.5. The molecule has 0 saturated heterocycles. The summed E-state index contributed by atoms with van der Waals surface area (Å²) in [6.45, 7) is 4.68. The van der Waals surface area contributed by atoms with E-state index in [1.165, 1.54) is 4.31 Å². The summed E-state index contributed by atoms with van der Waals surface area (Å²) in [6.07, 6.45) is 1.16. The van der Waals surface area contributed by atoms with Crippen molar-refractivity contribution in [2.45, 2.75) is 26.9 Å². The van der Waals surface area contributed by atoms with E-state index in [0.717, 1.165) is 38.9 Å². The van der Waals surface area contributed by atoms with Gasteiger partial charge in [0.1, 0.15) is 0 Å². The van der Waals surface area contributed by atoms with Gasteiger partial charge in [0.2, 0.25) is 10.0 Å². The number of aryl methyl sites for hydroxylation is 2. The Kier molecular flexibility index (Phi) is 6.58. The molecule has 7 nitrogen and oxygen atoms in total. The molecule has 0 atom stereocenters. The van der Waals surface area contributed by atoms with Crippen molar-refractivity contribution in [1.29, 1.82) is 0 Å². The minimum absolute atomic E-state index is 0.0300. The molecule has 0 aliphatic carbocycles. The van der Waals surface area contributed by atoms with Crippen LogP contribution >= 0.6 is 11.3 Å². The van der Waals surface area contributed by atoms with Gasteiger partial charge < -0.3 is 5.32 Å². The summed E-state index contributed by atoms with van der Waals surface area (Å²) in [5.74, 6) is -0.322. The van der Waals surface area contributed by atoms with Gasteiger partial charge in [-0.05, 0) is 61.9 Å². The largest absolute Gasteiger partial charge is 0.322 e. The third kappa shape index (κ3) is 5.05. The summed E-state index contributed by atoms with van der Waals surface area (Å²) in [4.78, 5) is 24.8. The number of thiazole rings is 1. The molecule has 0 radical (unpaired) electrons. The van der Waals surface area contributed by atoms with Crippen molar-refractivity contribution in [2.24, 2.45) is 0 Å². The molecule has 34 heavy (non-hydrogen) atoms. The minimum Gasteiger partial charge on any atom is -0.322 e. The van der Waals surface area contributed by atoms with Crippen LogP contribution in [0.3, 0.4) is 0 Å². The lowest BCUT2D eigenvalue weighted by molar-refractivity contribution is 0.102. The molecule has 1 N–H and O–H groups in total. The molecule has 176 valence electrons. The molecule has 4 rings (SSSR count). The van der Waals surface area contributed by atoms with Crippen LogP contribution in [0.15, 0.2) is 71.5 Å². The number of anilines is 2. The summed E-state index contributed by atoms with van der Waals surface area (Å²) < 4.78 is 28.7. The first kappa shape index (κ1) is 23.7. The second-order valence-corrected chi connectivity index (χ2v) is 11.0. The third-order valence-corrected chi connectivity index (χ3v) is 7.59. The molecule has 0 spiro atoms. The van der Waals surface area contributed by atoms with Crippen LogP contribution in [0.1, 0.15) is 28.4 Å². The molecule has 0 saturated carbocycles. The number of rotatable bonds is 7. The number of sulfonamides is 1. The van der Waals surface area contributed by atoms with Gasteiger partial charge >= 0.3 is 4.87 Å². The van der Waals surface area contributed by atoms with Crippen LogP contribution in [0.2, 0.25) is 0 Å². The molecule has 4 aromatic rings. The fourth-order valence-corrected chi connectivity index (χ4v) is 5.57. The van der Waals surface area contributed by atoms with Crippen LogP contribution in [0.5, 0.6) is 0 Å². The first-order chi connectivity index (χ1) is 16.2. The molecule has 0 unspecified atom stereocenters. The Hall–Kier alpha value is -3.43. The Morgan fingerprint density at radius 3 is 2.32 bits per heavy atom. The number of nitrogens with one attached hydrogen (secondary N) is 1. The fraction of sp³-hybridized carbons (Fsp3) is 0.200. The maximum absolute atomic E-state index is 12.8. The molecule has 0 bridgehead atoms. The predicted octanol–water partition coefficient (Wildman–Crippen LogP) is 4.61.